The Labute approximate surface area is 185 Å². The van der Waals surface area contributed by atoms with E-state index in [4.69, 9.17) is 4.74 Å². The molecule has 0 N–H and O–H groups in total. The molecule has 7 heteroatoms. The highest BCUT2D eigenvalue weighted by molar-refractivity contribution is 8.00. The van der Waals surface area contributed by atoms with Crippen LogP contribution in [0.25, 0.3) is 11.3 Å². The van der Waals surface area contributed by atoms with Crippen LogP contribution in [0.1, 0.15) is 5.56 Å². The van der Waals surface area contributed by atoms with E-state index < -0.39 is 0 Å². The lowest BCUT2D eigenvalue weighted by molar-refractivity contribution is -0.135. The van der Waals surface area contributed by atoms with E-state index in [-0.39, 0.29) is 12.5 Å². The van der Waals surface area contributed by atoms with Crippen molar-refractivity contribution in [3.8, 4) is 17.0 Å². The number of ether oxygens (including phenoxy) is 1. The molecule has 1 aliphatic rings. The SMILES string of the molecule is CSc1s[c]nc1-c1ccccc1OCC(=O)N1CCN(Cc2ccccc2)CC1. The van der Waals surface area contributed by atoms with Crippen molar-refractivity contribution in [3.63, 3.8) is 0 Å². The Balaban J connectivity index is 1.32. The lowest BCUT2D eigenvalue weighted by atomic mass is 10.1. The number of thiazole rings is 1. The Morgan fingerprint density at radius 3 is 2.60 bits per heavy atom. The molecular weight excluding hydrogens is 414 g/mol. The fourth-order valence-corrected chi connectivity index (χ4v) is 4.79. The highest BCUT2D eigenvalue weighted by Crippen LogP contribution is 2.37. The standard InChI is InChI=1S/C23H24N3O2S2/c1-29-23-22(24-17-30-23)19-9-5-6-10-20(19)28-16-21(27)26-13-11-25(12-14-26)15-18-7-3-2-4-8-18/h2-10H,11-16H2,1H3. The van der Waals surface area contributed by atoms with Gasteiger partial charge in [0, 0.05) is 38.3 Å². The molecule has 0 aliphatic carbocycles. The van der Waals surface area contributed by atoms with Crippen molar-refractivity contribution >= 4 is 29.0 Å². The van der Waals surface area contributed by atoms with E-state index in [9.17, 15) is 4.79 Å². The maximum absolute atomic E-state index is 12.7. The van der Waals surface area contributed by atoms with Crippen LogP contribution in [0.4, 0.5) is 0 Å². The van der Waals surface area contributed by atoms with Crippen LogP contribution < -0.4 is 4.74 Å². The van der Waals surface area contributed by atoms with E-state index in [1.54, 1.807) is 11.8 Å². The van der Waals surface area contributed by atoms with Gasteiger partial charge in [0.15, 0.2) is 12.1 Å². The van der Waals surface area contributed by atoms with Gasteiger partial charge in [0.1, 0.15) is 5.75 Å². The van der Waals surface area contributed by atoms with Crippen LogP contribution in [0.5, 0.6) is 5.75 Å². The van der Waals surface area contributed by atoms with Gasteiger partial charge < -0.3 is 9.64 Å². The zero-order valence-corrected chi connectivity index (χ0v) is 18.5. The van der Waals surface area contributed by atoms with Crippen LogP contribution in [0.3, 0.4) is 0 Å². The fourth-order valence-electron chi connectivity index (χ4n) is 3.53. The quantitative estimate of drug-likeness (QED) is 0.521. The van der Waals surface area contributed by atoms with Crippen LogP contribution in [0.15, 0.2) is 58.8 Å². The predicted octanol–water partition coefficient (Wildman–Crippen LogP) is 4.06. The number of carbonyl (C=O) groups is 1. The average molecular weight is 439 g/mol. The molecule has 2 aromatic carbocycles. The van der Waals surface area contributed by atoms with Crippen molar-refractivity contribution in [2.75, 3.05) is 39.0 Å². The van der Waals surface area contributed by atoms with Gasteiger partial charge >= 0.3 is 0 Å². The number of amides is 1. The first kappa shape index (κ1) is 20.9. The topological polar surface area (TPSA) is 45.7 Å². The van der Waals surface area contributed by atoms with Crippen molar-refractivity contribution in [2.45, 2.75) is 10.8 Å². The maximum Gasteiger partial charge on any atom is 0.260 e. The molecule has 1 aromatic heterocycles. The molecule has 5 nitrogen and oxygen atoms in total. The van der Waals surface area contributed by atoms with Crippen molar-refractivity contribution in [1.82, 2.24) is 14.8 Å². The molecule has 1 aliphatic heterocycles. The van der Waals surface area contributed by atoms with E-state index in [0.717, 1.165) is 48.2 Å². The van der Waals surface area contributed by atoms with Gasteiger partial charge in [-0.15, -0.1) is 23.1 Å². The molecule has 0 saturated carbocycles. The summed E-state index contributed by atoms with van der Waals surface area (Å²) in [6.07, 6.45) is 2.02. The van der Waals surface area contributed by atoms with Crippen molar-refractivity contribution in [2.24, 2.45) is 0 Å². The molecule has 3 aromatic rings. The third kappa shape index (κ3) is 5.03. The van der Waals surface area contributed by atoms with Gasteiger partial charge in [0.2, 0.25) is 0 Å². The summed E-state index contributed by atoms with van der Waals surface area (Å²) in [5, 5.41) is 0. The van der Waals surface area contributed by atoms with Crippen LogP contribution in [-0.2, 0) is 11.3 Å². The first-order valence-electron chi connectivity index (χ1n) is 9.91. The zero-order valence-electron chi connectivity index (χ0n) is 16.9. The van der Waals surface area contributed by atoms with Crippen molar-refractivity contribution in [3.05, 3.63) is 65.7 Å². The molecule has 0 unspecified atom stereocenters. The Morgan fingerprint density at radius 2 is 1.83 bits per heavy atom. The normalized spacial score (nSPS) is 14.6. The number of carbonyl (C=O) groups excluding carboxylic acids is 1. The minimum atomic E-state index is 0.0269. The summed E-state index contributed by atoms with van der Waals surface area (Å²) in [7, 11) is 0. The van der Waals surface area contributed by atoms with Crippen molar-refractivity contribution < 1.29 is 9.53 Å². The zero-order chi connectivity index (χ0) is 20.8. The third-order valence-corrected chi connectivity index (χ3v) is 7.02. The predicted molar refractivity (Wildman–Crippen MR) is 122 cm³/mol. The minimum Gasteiger partial charge on any atom is -0.483 e. The molecule has 0 atom stereocenters. The molecule has 0 spiro atoms. The van der Waals surface area contributed by atoms with Crippen LogP contribution in [0.2, 0.25) is 0 Å². The average Bonchev–Trinajstić information content (AvgIpc) is 3.27. The van der Waals surface area contributed by atoms with E-state index in [1.165, 1.54) is 16.9 Å². The molecule has 0 bridgehead atoms. The van der Waals surface area contributed by atoms with E-state index >= 15 is 0 Å². The Bertz CT molecular complexity index is 969. The molecule has 1 amide bonds. The van der Waals surface area contributed by atoms with Gasteiger partial charge in [-0.2, -0.15) is 0 Å². The van der Waals surface area contributed by atoms with E-state index in [1.807, 2.05) is 41.5 Å². The smallest absolute Gasteiger partial charge is 0.260 e. The molecule has 4 rings (SSSR count). The van der Waals surface area contributed by atoms with Gasteiger partial charge in [-0.3, -0.25) is 9.69 Å². The Morgan fingerprint density at radius 1 is 1.10 bits per heavy atom. The maximum atomic E-state index is 12.7. The minimum absolute atomic E-state index is 0.0269. The number of para-hydroxylation sites is 1. The first-order chi connectivity index (χ1) is 14.7. The van der Waals surface area contributed by atoms with Gasteiger partial charge in [-0.25, -0.2) is 4.98 Å². The Hall–Kier alpha value is -2.35. The Kier molecular flexibility index (Phi) is 7.04. The number of rotatable bonds is 7. The summed E-state index contributed by atoms with van der Waals surface area (Å²) in [6.45, 7) is 4.18. The second kappa shape index (κ2) is 10.1. The summed E-state index contributed by atoms with van der Waals surface area (Å²) < 4.78 is 7.02. The van der Waals surface area contributed by atoms with Gasteiger partial charge in [-0.05, 0) is 24.0 Å². The summed E-state index contributed by atoms with van der Waals surface area (Å²) in [5.41, 5.74) is 6.02. The summed E-state index contributed by atoms with van der Waals surface area (Å²) in [4.78, 5) is 21.4. The monoisotopic (exact) mass is 438 g/mol. The van der Waals surface area contributed by atoms with E-state index in [2.05, 4.69) is 39.7 Å². The van der Waals surface area contributed by atoms with Crippen LogP contribution in [-0.4, -0.2) is 59.7 Å². The molecule has 1 saturated heterocycles. The number of benzene rings is 2. The lowest BCUT2D eigenvalue weighted by Gasteiger charge is -2.34. The second-order valence-corrected chi connectivity index (χ2v) is 8.94. The fraction of sp³-hybridized carbons (Fsp3) is 0.304. The van der Waals surface area contributed by atoms with Crippen LogP contribution >= 0.6 is 23.1 Å². The lowest BCUT2D eigenvalue weighted by Crippen LogP contribution is -2.49. The number of piperazine rings is 1. The highest BCUT2D eigenvalue weighted by atomic mass is 32.2. The molecule has 155 valence electrons. The first-order valence-corrected chi connectivity index (χ1v) is 12.0. The van der Waals surface area contributed by atoms with Crippen molar-refractivity contribution in [1.29, 1.82) is 0 Å². The number of hydrogen-bond donors (Lipinski definition) is 0. The molecule has 1 fully saturated rings. The summed E-state index contributed by atoms with van der Waals surface area (Å²) in [5.74, 6) is 0.710. The molecular formula is C23H24N3O2S2. The summed E-state index contributed by atoms with van der Waals surface area (Å²) >= 11 is 3.14. The van der Waals surface area contributed by atoms with Gasteiger partial charge in [-0.1, -0.05) is 42.5 Å². The second-order valence-electron chi connectivity index (χ2n) is 7.07. The van der Waals surface area contributed by atoms with Gasteiger partial charge in [0.25, 0.3) is 5.91 Å². The molecule has 2 heterocycles. The molecule has 1 radical (unpaired) electrons. The van der Waals surface area contributed by atoms with E-state index in [0.29, 0.717) is 5.75 Å². The number of thioether (sulfide) groups is 1. The number of hydrogen-bond acceptors (Lipinski definition) is 6. The third-order valence-electron chi connectivity index (χ3n) is 5.14. The van der Waals surface area contributed by atoms with Gasteiger partial charge in [0.05, 0.1) is 9.90 Å². The van der Waals surface area contributed by atoms with Crippen LogP contribution in [0, 0.1) is 5.51 Å². The molecule has 30 heavy (non-hydrogen) atoms. The summed E-state index contributed by atoms with van der Waals surface area (Å²) in [6, 6.07) is 18.2. The largest absolute Gasteiger partial charge is 0.483 e. The number of aromatic nitrogens is 1. The highest BCUT2D eigenvalue weighted by Gasteiger charge is 2.22. The number of nitrogens with zero attached hydrogens (tertiary/aromatic N) is 3.